The molecule has 1 N–H and O–H groups in total. The third kappa shape index (κ3) is 2.43. The topological polar surface area (TPSA) is 33.1 Å². The van der Waals surface area contributed by atoms with Gasteiger partial charge in [0.1, 0.15) is 0 Å². The van der Waals surface area contributed by atoms with Gasteiger partial charge in [-0.05, 0) is 41.7 Å². The van der Waals surface area contributed by atoms with Gasteiger partial charge in [0, 0.05) is 23.2 Å². The molecule has 0 bridgehead atoms. The maximum Gasteiger partial charge on any atom is 0.0706 e. The molecule has 1 aromatic heterocycles. The van der Waals surface area contributed by atoms with Crippen molar-refractivity contribution in [3.63, 3.8) is 0 Å². The molecule has 2 aromatic rings. The molecule has 0 saturated heterocycles. The molecule has 3 heteroatoms. The Morgan fingerprint density at radius 2 is 2.12 bits per heavy atom. The number of hydrogen-bond acceptors (Lipinski definition) is 2. The second-order valence-electron chi connectivity index (χ2n) is 4.49. The summed E-state index contributed by atoms with van der Waals surface area (Å²) >= 11 is 6.05. The van der Waals surface area contributed by atoms with Crippen LogP contribution in [0.25, 0.3) is 10.9 Å². The van der Waals surface area contributed by atoms with Crippen LogP contribution in [0.4, 0.5) is 0 Å². The highest BCUT2D eigenvalue weighted by molar-refractivity contribution is 6.31. The number of pyridine rings is 1. The average molecular weight is 250 g/mol. The lowest BCUT2D eigenvalue weighted by Gasteiger charge is -2.15. The number of aliphatic hydroxyl groups excluding tert-OH is 1. The van der Waals surface area contributed by atoms with Crippen LogP contribution in [0.5, 0.6) is 0 Å². The average Bonchev–Trinajstić information content (AvgIpc) is 2.28. The van der Waals surface area contributed by atoms with Crippen LogP contribution >= 0.6 is 11.6 Å². The van der Waals surface area contributed by atoms with Gasteiger partial charge in [0.25, 0.3) is 0 Å². The first-order valence-electron chi connectivity index (χ1n) is 5.81. The van der Waals surface area contributed by atoms with Gasteiger partial charge in [0.15, 0.2) is 0 Å². The van der Waals surface area contributed by atoms with Crippen LogP contribution in [0.3, 0.4) is 0 Å². The molecule has 1 heterocycles. The number of halogens is 1. The Hall–Kier alpha value is -1.12. The monoisotopic (exact) mass is 249 g/mol. The van der Waals surface area contributed by atoms with Crippen LogP contribution in [-0.4, -0.2) is 16.7 Å². The number of fused-ring (bicyclic) bond motifs is 1. The van der Waals surface area contributed by atoms with E-state index in [1.165, 1.54) is 5.56 Å². The standard InChI is InChI=1S/C14H16ClNO/c1-9(2)14-10(5-6-17)8-16-13-4-3-11(15)7-12(13)14/h3-4,7-9,17H,5-6H2,1-2H3. The van der Waals surface area contributed by atoms with Crippen molar-refractivity contribution in [1.82, 2.24) is 4.98 Å². The first kappa shape index (κ1) is 12.3. The fourth-order valence-electron chi connectivity index (χ4n) is 2.23. The lowest BCUT2D eigenvalue weighted by molar-refractivity contribution is 0.299. The van der Waals surface area contributed by atoms with Crippen molar-refractivity contribution < 1.29 is 5.11 Å². The van der Waals surface area contributed by atoms with Gasteiger partial charge >= 0.3 is 0 Å². The molecule has 0 aliphatic heterocycles. The van der Waals surface area contributed by atoms with E-state index < -0.39 is 0 Å². The van der Waals surface area contributed by atoms with Crippen LogP contribution in [0.15, 0.2) is 24.4 Å². The van der Waals surface area contributed by atoms with Crippen molar-refractivity contribution in [1.29, 1.82) is 0 Å². The Kier molecular flexibility index (Phi) is 3.65. The number of benzene rings is 1. The first-order chi connectivity index (χ1) is 8.13. The predicted molar refractivity (Wildman–Crippen MR) is 71.6 cm³/mol. The summed E-state index contributed by atoms with van der Waals surface area (Å²) in [7, 11) is 0. The summed E-state index contributed by atoms with van der Waals surface area (Å²) in [5, 5.41) is 10.9. The SMILES string of the molecule is CC(C)c1c(CCO)cnc2ccc(Cl)cc12. The molecule has 0 saturated carbocycles. The summed E-state index contributed by atoms with van der Waals surface area (Å²) in [6.07, 6.45) is 2.50. The number of hydrogen-bond donors (Lipinski definition) is 1. The minimum Gasteiger partial charge on any atom is -0.396 e. The van der Waals surface area contributed by atoms with Crippen LogP contribution in [0.1, 0.15) is 30.9 Å². The summed E-state index contributed by atoms with van der Waals surface area (Å²) in [6.45, 7) is 4.45. The van der Waals surface area contributed by atoms with E-state index in [0.717, 1.165) is 21.5 Å². The zero-order valence-electron chi connectivity index (χ0n) is 10.1. The maximum atomic E-state index is 9.10. The molecule has 0 aliphatic rings. The minimum atomic E-state index is 0.146. The molecule has 90 valence electrons. The molecule has 0 fully saturated rings. The van der Waals surface area contributed by atoms with Crippen molar-refractivity contribution in [3.8, 4) is 0 Å². The Balaban J connectivity index is 2.72. The summed E-state index contributed by atoms with van der Waals surface area (Å²) in [4.78, 5) is 4.41. The molecule has 0 aliphatic carbocycles. The summed E-state index contributed by atoms with van der Waals surface area (Å²) in [5.41, 5.74) is 3.31. The maximum absolute atomic E-state index is 9.10. The van der Waals surface area contributed by atoms with Gasteiger partial charge in [0.05, 0.1) is 5.52 Å². The Bertz CT molecular complexity index is 537. The molecule has 0 atom stereocenters. The zero-order valence-corrected chi connectivity index (χ0v) is 10.8. The van der Waals surface area contributed by atoms with Gasteiger partial charge in [-0.15, -0.1) is 0 Å². The highest BCUT2D eigenvalue weighted by atomic mass is 35.5. The van der Waals surface area contributed by atoms with Crippen molar-refractivity contribution >= 4 is 22.5 Å². The highest BCUT2D eigenvalue weighted by Gasteiger charge is 2.12. The molecule has 17 heavy (non-hydrogen) atoms. The zero-order chi connectivity index (χ0) is 12.4. The summed E-state index contributed by atoms with van der Waals surface area (Å²) in [5.74, 6) is 0.389. The van der Waals surface area contributed by atoms with Gasteiger partial charge in [-0.1, -0.05) is 25.4 Å². The minimum absolute atomic E-state index is 0.146. The van der Waals surface area contributed by atoms with E-state index in [1.807, 2.05) is 24.4 Å². The molecular formula is C14H16ClNO. The van der Waals surface area contributed by atoms with Crippen LogP contribution in [-0.2, 0) is 6.42 Å². The van der Waals surface area contributed by atoms with E-state index in [4.69, 9.17) is 16.7 Å². The Morgan fingerprint density at radius 1 is 1.35 bits per heavy atom. The molecule has 1 aromatic carbocycles. The van der Waals surface area contributed by atoms with Crippen molar-refractivity contribution in [2.75, 3.05) is 6.61 Å². The smallest absolute Gasteiger partial charge is 0.0706 e. The van der Waals surface area contributed by atoms with E-state index >= 15 is 0 Å². The van der Waals surface area contributed by atoms with Gasteiger partial charge in [-0.25, -0.2) is 0 Å². The van der Waals surface area contributed by atoms with E-state index in [0.29, 0.717) is 12.3 Å². The lowest BCUT2D eigenvalue weighted by atomic mass is 9.93. The molecule has 2 rings (SSSR count). The number of rotatable bonds is 3. The molecule has 0 spiro atoms. The van der Waals surface area contributed by atoms with Crippen LogP contribution in [0.2, 0.25) is 5.02 Å². The summed E-state index contributed by atoms with van der Waals surface area (Å²) in [6, 6.07) is 5.75. The first-order valence-corrected chi connectivity index (χ1v) is 6.19. The second kappa shape index (κ2) is 5.03. The van der Waals surface area contributed by atoms with Gasteiger partial charge in [0.2, 0.25) is 0 Å². The van der Waals surface area contributed by atoms with Crippen molar-refractivity contribution in [3.05, 3.63) is 40.5 Å². The number of aromatic nitrogens is 1. The molecule has 2 nitrogen and oxygen atoms in total. The quantitative estimate of drug-likeness (QED) is 0.903. The van der Waals surface area contributed by atoms with Crippen LogP contribution in [0, 0.1) is 0 Å². The normalized spacial score (nSPS) is 11.4. The Labute approximate surface area is 106 Å². The van der Waals surface area contributed by atoms with Gasteiger partial charge < -0.3 is 5.11 Å². The second-order valence-corrected chi connectivity index (χ2v) is 4.92. The predicted octanol–water partition coefficient (Wildman–Crippen LogP) is 3.55. The molecule has 0 amide bonds. The Morgan fingerprint density at radius 3 is 2.76 bits per heavy atom. The van der Waals surface area contributed by atoms with Gasteiger partial charge in [-0.2, -0.15) is 0 Å². The fraction of sp³-hybridized carbons (Fsp3) is 0.357. The lowest BCUT2D eigenvalue weighted by Crippen LogP contribution is -2.02. The van der Waals surface area contributed by atoms with E-state index in [1.54, 1.807) is 0 Å². The van der Waals surface area contributed by atoms with Crippen LogP contribution < -0.4 is 0 Å². The van der Waals surface area contributed by atoms with Crippen molar-refractivity contribution in [2.24, 2.45) is 0 Å². The third-order valence-electron chi connectivity index (χ3n) is 2.91. The third-order valence-corrected chi connectivity index (χ3v) is 3.15. The fourth-order valence-corrected chi connectivity index (χ4v) is 2.40. The van der Waals surface area contributed by atoms with E-state index in [2.05, 4.69) is 18.8 Å². The molecule has 0 unspecified atom stereocenters. The number of aliphatic hydroxyl groups is 1. The number of nitrogens with zero attached hydrogens (tertiary/aromatic N) is 1. The largest absolute Gasteiger partial charge is 0.396 e. The molecule has 0 radical (unpaired) electrons. The summed E-state index contributed by atoms with van der Waals surface area (Å²) < 4.78 is 0. The van der Waals surface area contributed by atoms with E-state index in [9.17, 15) is 0 Å². The van der Waals surface area contributed by atoms with Gasteiger partial charge in [-0.3, -0.25) is 4.98 Å². The molecular weight excluding hydrogens is 234 g/mol. The highest BCUT2D eigenvalue weighted by Crippen LogP contribution is 2.29. The van der Waals surface area contributed by atoms with E-state index in [-0.39, 0.29) is 6.61 Å². The van der Waals surface area contributed by atoms with Crippen molar-refractivity contribution in [2.45, 2.75) is 26.2 Å².